The molecule has 23 heavy (non-hydrogen) atoms. The summed E-state index contributed by atoms with van der Waals surface area (Å²) < 4.78 is 28.4. The fraction of sp³-hybridized carbons (Fsp3) is 0.250. The summed E-state index contributed by atoms with van der Waals surface area (Å²) in [5.41, 5.74) is 1.67. The maximum absolute atomic E-state index is 12.1. The average molecular weight is 321 g/mol. The first-order valence-electron chi connectivity index (χ1n) is 7.02. The van der Waals surface area contributed by atoms with Crippen LogP contribution in [0.15, 0.2) is 48.8 Å². The van der Waals surface area contributed by atoms with Gasteiger partial charge in [-0.05, 0) is 36.2 Å². The molecule has 2 aromatic rings. The first-order chi connectivity index (χ1) is 11.0. The van der Waals surface area contributed by atoms with Gasteiger partial charge in [-0.3, -0.25) is 4.98 Å². The molecule has 0 fully saturated rings. The third-order valence-corrected chi connectivity index (χ3v) is 3.13. The number of aromatic nitrogens is 1. The van der Waals surface area contributed by atoms with Crippen LogP contribution in [0.1, 0.15) is 24.1 Å². The third-order valence-electron chi connectivity index (χ3n) is 3.13. The number of ether oxygens (including phenoxy) is 1. The molecule has 0 aliphatic heterocycles. The van der Waals surface area contributed by atoms with Crippen LogP contribution in [0, 0.1) is 0 Å². The molecule has 2 amide bonds. The van der Waals surface area contributed by atoms with Crippen molar-refractivity contribution >= 4 is 6.03 Å². The first kappa shape index (κ1) is 16.7. The van der Waals surface area contributed by atoms with Crippen LogP contribution < -0.4 is 15.4 Å². The molecule has 1 unspecified atom stereocenters. The molecular formula is C16H17F2N3O2. The van der Waals surface area contributed by atoms with E-state index in [1.165, 1.54) is 12.1 Å². The summed E-state index contributed by atoms with van der Waals surface area (Å²) in [5.74, 6) is 0.0805. The van der Waals surface area contributed by atoms with E-state index in [0.717, 1.165) is 11.1 Å². The number of halogens is 2. The zero-order valence-electron chi connectivity index (χ0n) is 12.5. The zero-order chi connectivity index (χ0) is 16.7. The lowest BCUT2D eigenvalue weighted by atomic mass is 10.1. The molecule has 7 heteroatoms. The van der Waals surface area contributed by atoms with Crippen molar-refractivity contribution in [3.63, 3.8) is 0 Å². The van der Waals surface area contributed by atoms with E-state index in [9.17, 15) is 13.6 Å². The number of pyridine rings is 1. The van der Waals surface area contributed by atoms with Gasteiger partial charge < -0.3 is 15.4 Å². The summed E-state index contributed by atoms with van der Waals surface area (Å²) in [4.78, 5) is 15.8. The molecule has 0 aliphatic carbocycles. The molecule has 0 saturated carbocycles. The predicted molar refractivity (Wildman–Crippen MR) is 81.1 cm³/mol. The third kappa shape index (κ3) is 5.54. The van der Waals surface area contributed by atoms with Gasteiger partial charge >= 0.3 is 12.6 Å². The molecule has 2 N–H and O–H groups in total. The van der Waals surface area contributed by atoms with E-state index in [1.54, 1.807) is 37.5 Å². The number of nitrogens with zero attached hydrogens (tertiary/aromatic N) is 1. The lowest BCUT2D eigenvalue weighted by Crippen LogP contribution is -2.36. The predicted octanol–water partition coefficient (Wildman–Crippen LogP) is 3.24. The maximum Gasteiger partial charge on any atom is 0.387 e. The van der Waals surface area contributed by atoms with E-state index in [4.69, 9.17) is 0 Å². The number of hydrogen-bond donors (Lipinski definition) is 2. The van der Waals surface area contributed by atoms with Gasteiger partial charge in [-0.2, -0.15) is 8.78 Å². The lowest BCUT2D eigenvalue weighted by Gasteiger charge is -2.15. The molecular weight excluding hydrogens is 304 g/mol. The van der Waals surface area contributed by atoms with Gasteiger partial charge in [-0.25, -0.2) is 4.79 Å². The highest BCUT2D eigenvalue weighted by molar-refractivity contribution is 5.74. The number of amides is 2. The Bertz CT molecular complexity index is 621. The fourth-order valence-corrected chi connectivity index (χ4v) is 1.95. The van der Waals surface area contributed by atoms with E-state index < -0.39 is 6.61 Å². The van der Waals surface area contributed by atoms with Crippen molar-refractivity contribution in [2.75, 3.05) is 0 Å². The van der Waals surface area contributed by atoms with Crippen molar-refractivity contribution in [1.29, 1.82) is 0 Å². The number of rotatable bonds is 6. The highest BCUT2D eigenvalue weighted by atomic mass is 19.3. The lowest BCUT2D eigenvalue weighted by molar-refractivity contribution is -0.0498. The summed E-state index contributed by atoms with van der Waals surface area (Å²) in [6.07, 6.45) is 3.33. The molecule has 0 spiro atoms. The van der Waals surface area contributed by atoms with Crippen LogP contribution in [0.5, 0.6) is 5.75 Å². The molecule has 0 radical (unpaired) electrons. The summed E-state index contributed by atoms with van der Waals surface area (Å²) >= 11 is 0. The van der Waals surface area contributed by atoms with Crippen molar-refractivity contribution < 1.29 is 18.3 Å². The van der Waals surface area contributed by atoms with Crippen molar-refractivity contribution in [2.24, 2.45) is 0 Å². The van der Waals surface area contributed by atoms with Gasteiger partial charge in [-0.15, -0.1) is 0 Å². The molecule has 1 heterocycles. The second-order valence-electron chi connectivity index (χ2n) is 4.86. The van der Waals surface area contributed by atoms with Crippen LogP contribution in [0.2, 0.25) is 0 Å². The smallest absolute Gasteiger partial charge is 0.387 e. The zero-order valence-corrected chi connectivity index (χ0v) is 12.5. The number of benzene rings is 1. The summed E-state index contributed by atoms with van der Waals surface area (Å²) in [7, 11) is 0. The van der Waals surface area contributed by atoms with E-state index in [0.29, 0.717) is 6.54 Å². The Kier molecular flexibility index (Phi) is 5.85. The van der Waals surface area contributed by atoms with Gasteiger partial charge in [0.05, 0.1) is 6.04 Å². The van der Waals surface area contributed by atoms with Gasteiger partial charge in [0.15, 0.2) is 0 Å². The highest BCUT2D eigenvalue weighted by Gasteiger charge is 2.10. The number of hydrogen-bond acceptors (Lipinski definition) is 3. The maximum atomic E-state index is 12.1. The number of carbonyl (C=O) groups excluding carboxylic acids is 1. The van der Waals surface area contributed by atoms with E-state index in [2.05, 4.69) is 20.4 Å². The SMILES string of the molecule is CC(NC(=O)NCc1cccnc1)c1ccc(OC(F)F)cc1. The average Bonchev–Trinajstić information content (AvgIpc) is 2.54. The number of alkyl halides is 2. The molecule has 0 saturated heterocycles. The van der Waals surface area contributed by atoms with Crippen molar-refractivity contribution in [1.82, 2.24) is 15.6 Å². The molecule has 1 atom stereocenters. The summed E-state index contributed by atoms with van der Waals surface area (Å²) in [6.45, 7) is -0.685. The van der Waals surface area contributed by atoms with Gasteiger partial charge in [0.1, 0.15) is 5.75 Å². The number of nitrogens with one attached hydrogen (secondary N) is 2. The largest absolute Gasteiger partial charge is 0.435 e. The van der Waals surface area contributed by atoms with Gasteiger partial charge in [-0.1, -0.05) is 18.2 Å². The van der Waals surface area contributed by atoms with Crippen molar-refractivity contribution in [2.45, 2.75) is 26.1 Å². The normalized spacial score (nSPS) is 11.8. The number of carbonyl (C=O) groups is 1. The molecule has 0 aliphatic rings. The Morgan fingerprint density at radius 3 is 2.61 bits per heavy atom. The topological polar surface area (TPSA) is 63.2 Å². The van der Waals surface area contributed by atoms with Crippen molar-refractivity contribution in [3.8, 4) is 5.75 Å². The van der Waals surface area contributed by atoms with Gasteiger partial charge in [0.2, 0.25) is 0 Å². The minimum atomic E-state index is -2.85. The Morgan fingerprint density at radius 2 is 2.00 bits per heavy atom. The highest BCUT2D eigenvalue weighted by Crippen LogP contribution is 2.19. The van der Waals surface area contributed by atoms with Gasteiger partial charge in [0, 0.05) is 18.9 Å². The Balaban J connectivity index is 1.83. The van der Waals surface area contributed by atoms with Crippen molar-refractivity contribution in [3.05, 3.63) is 59.9 Å². The van der Waals surface area contributed by atoms with Crippen LogP contribution in [-0.2, 0) is 6.54 Å². The summed E-state index contributed by atoms with van der Waals surface area (Å²) in [5, 5.41) is 5.49. The van der Waals surface area contributed by atoms with Crippen LogP contribution >= 0.6 is 0 Å². The molecule has 2 rings (SSSR count). The Morgan fingerprint density at radius 1 is 1.26 bits per heavy atom. The standard InChI is InChI=1S/C16H17F2N3O2/c1-11(13-4-6-14(7-5-13)23-15(17)18)21-16(22)20-10-12-3-2-8-19-9-12/h2-9,11,15H,10H2,1H3,(H2,20,21,22). The molecule has 5 nitrogen and oxygen atoms in total. The molecule has 122 valence electrons. The van der Waals surface area contributed by atoms with Crippen LogP contribution in [0.25, 0.3) is 0 Å². The van der Waals surface area contributed by atoms with Crippen LogP contribution in [-0.4, -0.2) is 17.6 Å². The van der Waals surface area contributed by atoms with E-state index in [-0.39, 0.29) is 17.8 Å². The monoisotopic (exact) mass is 321 g/mol. The number of urea groups is 1. The van der Waals surface area contributed by atoms with Gasteiger partial charge in [0.25, 0.3) is 0 Å². The first-order valence-corrected chi connectivity index (χ1v) is 7.02. The van der Waals surface area contributed by atoms with Crippen LogP contribution in [0.4, 0.5) is 13.6 Å². The summed E-state index contributed by atoms with van der Waals surface area (Å²) in [6, 6.07) is 9.19. The fourth-order valence-electron chi connectivity index (χ4n) is 1.95. The Hall–Kier alpha value is -2.70. The second-order valence-corrected chi connectivity index (χ2v) is 4.86. The van der Waals surface area contributed by atoms with E-state index >= 15 is 0 Å². The minimum Gasteiger partial charge on any atom is -0.435 e. The van der Waals surface area contributed by atoms with E-state index in [1.807, 2.05) is 6.07 Å². The molecule has 0 bridgehead atoms. The minimum absolute atomic E-state index is 0.0805. The second kappa shape index (κ2) is 8.07. The Labute approximate surface area is 132 Å². The van der Waals surface area contributed by atoms with Crippen LogP contribution in [0.3, 0.4) is 0 Å². The molecule has 1 aromatic carbocycles. The quantitative estimate of drug-likeness (QED) is 0.858. The molecule has 1 aromatic heterocycles.